The third-order valence-electron chi connectivity index (χ3n) is 2.75. The van der Waals surface area contributed by atoms with Crippen LogP contribution >= 0.6 is 11.6 Å². The molecule has 0 aliphatic rings. The second kappa shape index (κ2) is 6.77. The lowest BCUT2D eigenvalue weighted by Crippen LogP contribution is -2.20. The third kappa shape index (κ3) is 4.03. The summed E-state index contributed by atoms with van der Waals surface area (Å²) in [6.45, 7) is 6.30. The Morgan fingerprint density at radius 3 is 2.81 bits per heavy atom. The van der Waals surface area contributed by atoms with Crippen molar-refractivity contribution in [3.63, 3.8) is 0 Å². The largest absolute Gasteiger partial charge is 0.496 e. The molecule has 0 aromatic heterocycles. The first-order valence-electron chi connectivity index (χ1n) is 5.70. The minimum Gasteiger partial charge on any atom is -0.496 e. The molecule has 0 radical (unpaired) electrons. The summed E-state index contributed by atoms with van der Waals surface area (Å²) in [5, 5.41) is 4.13. The van der Waals surface area contributed by atoms with Crippen molar-refractivity contribution < 1.29 is 4.74 Å². The van der Waals surface area contributed by atoms with Gasteiger partial charge in [0.1, 0.15) is 5.75 Å². The summed E-state index contributed by atoms with van der Waals surface area (Å²) >= 11 is 5.90. The molecule has 2 nitrogen and oxygen atoms in total. The first-order valence-corrected chi connectivity index (χ1v) is 6.08. The lowest BCUT2D eigenvalue weighted by molar-refractivity contribution is 0.406. The van der Waals surface area contributed by atoms with E-state index in [9.17, 15) is 0 Å². The topological polar surface area (TPSA) is 21.3 Å². The predicted molar refractivity (Wildman–Crippen MR) is 69.2 cm³/mol. The van der Waals surface area contributed by atoms with Crippen LogP contribution in [0.5, 0.6) is 5.75 Å². The number of nitrogens with one attached hydrogen (secondary N) is 1. The zero-order valence-corrected chi connectivity index (χ0v) is 11.0. The number of hydrogen-bond acceptors (Lipinski definition) is 2. The zero-order chi connectivity index (χ0) is 12.0. The van der Waals surface area contributed by atoms with Crippen molar-refractivity contribution in [2.24, 2.45) is 5.92 Å². The minimum absolute atomic E-state index is 0.707. The van der Waals surface area contributed by atoms with Crippen LogP contribution < -0.4 is 10.1 Å². The Morgan fingerprint density at radius 1 is 1.44 bits per heavy atom. The molecule has 90 valence electrons. The van der Waals surface area contributed by atoms with E-state index in [0.717, 1.165) is 24.4 Å². The maximum Gasteiger partial charge on any atom is 0.124 e. The fourth-order valence-corrected chi connectivity index (χ4v) is 1.62. The normalized spacial score (nSPS) is 12.5. The lowest BCUT2D eigenvalue weighted by atomic mass is 10.1. The maximum absolute atomic E-state index is 5.90. The SMILES string of the molecule is CCC(C)CNCc1ccc(Cl)cc1OC. The molecular weight excluding hydrogens is 222 g/mol. The van der Waals surface area contributed by atoms with Crippen molar-refractivity contribution in [3.05, 3.63) is 28.8 Å². The third-order valence-corrected chi connectivity index (χ3v) is 2.99. The van der Waals surface area contributed by atoms with Crippen molar-refractivity contribution in [1.82, 2.24) is 5.32 Å². The van der Waals surface area contributed by atoms with Crippen molar-refractivity contribution in [2.45, 2.75) is 26.8 Å². The van der Waals surface area contributed by atoms with E-state index in [4.69, 9.17) is 16.3 Å². The number of halogens is 1. The average Bonchev–Trinajstić information content (AvgIpc) is 2.30. The molecule has 0 spiro atoms. The molecule has 0 fully saturated rings. The molecular formula is C13H20ClNO. The van der Waals surface area contributed by atoms with E-state index in [1.54, 1.807) is 7.11 Å². The van der Waals surface area contributed by atoms with Gasteiger partial charge in [0, 0.05) is 17.1 Å². The van der Waals surface area contributed by atoms with E-state index in [1.165, 1.54) is 6.42 Å². The number of benzene rings is 1. The van der Waals surface area contributed by atoms with Gasteiger partial charge in [-0.25, -0.2) is 0 Å². The van der Waals surface area contributed by atoms with Crippen LogP contribution in [0, 0.1) is 5.92 Å². The highest BCUT2D eigenvalue weighted by Crippen LogP contribution is 2.22. The standard InChI is InChI=1S/C13H20ClNO/c1-4-10(2)8-15-9-11-5-6-12(14)7-13(11)16-3/h5-7,10,15H,4,8-9H2,1-3H3. The Labute approximate surface area is 103 Å². The van der Waals surface area contributed by atoms with Crippen LogP contribution in [0.4, 0.5) is 0 Å². The molecule has 1 aromatic rings. The maximum atomic E-state index is 5.90. The molecule has 0 saturated carbocycles. The van der Waals surface area contributed by atoms with Crippen LogP contribution in [0.3, 0.4) is 0 Å². The van der Waals surface area contributed by atoms with Gasteiger partial charge in [-0.3, -0.25) is 0 Å². The van der Waals surface area contributed by atoms with Gasteiger partial charge in [0.2, 0.25) is 0 Å². The smallest absolute Gasteiger partial charge is 0.124 e. The Balaban J connectivity index is 2.53. The predicted octanol–water partition coefficient (Wildman–Crippen LogP) is 3.48. The molecule has 1 unspecified atom stereocenters. The van der Waals surface area contributed by atoms with Gasteiger partial charge < -0.3 is 10.1 Å². The second-order valence-electron chi connectivity index (χ2n) is 4.10. The Bertz CT molecular complexity index is 328. The number of hydrogen-bond donors (Lipinski definition) is 1. The average molecular weight is 242 g/mol. The van der Waals surface area contributed by atoms with E-state index < -0.39 is 0 Å². The molecule has 0 aliphatic carbocycles. The van der Waals surface area contributed by atoms with E-state index >= 15 is 0 Å². The van der Waals surface area contributed by atoms with E-state index in [1.807, 2.05) is 18.2 Å². The molecule has 0 amide bonds. The fraction of sp³-hybridized carbons (Fsp3) is 0.538. The minimum atomic E-state index is 0.707. The number of methoxy groups -OCH3 is 1. The summed E-state index contributed by atoms with van der Waals surface area (Å²) in [4.78, 5) is 0. The molecule has 0 heterocycles. The molecule has 1 N–H and O–H groups in total. The lowest BCUT2D eigenvalue weighted by Gasteiger charge is -2.12. The first-order chi connectivity index (χ1) is 7.67. The highest BCUT2D eigenvalue weighted by atomic mass is 35.5. The van der Waals surface area contributed by atoms with Gasteiger partial charge in [-0.15, -0.1) is 0 Å². The van der Waals surface area contributed by atoms with E-state index in [-0.39, 0.29) is 0 Å². The monoisotopic (exact) mass is 241 g/mol. The van der Waals surface area contributed by atoms with Crippen LogP contribution in [0.1, 0.15) is 25.8 Å². The van der Waals surface area contributed by atoms with E-state index in [2.05, 4.69) is 19.2 Å². The zero-order valence-electron chi connectivity index (χ0n) is 10.2. The van der Waals surface area contributed by atoms with Gasteiger partial charge in [-0.2, -0.15) is 0 Å². The summed E-state index contributed by atoms with van der Waals surface area (Å²) in [6.07, 6.45) is 1.20. The molecule has 1 rings (SSSR count). The summed E-state index contributed by atoms with van der Waals surface area (Å²) in [5.41, 5.74) is 1.15. The molecule has 3 heteroatoms. The molecule has 0 bridgehead atoms. The fourth-order valence-electron chi connectivity index (χ4n) is 1.46. The van der Waals surface area contributed by atoms with Gasteiger partial charge in [0.25, 0.3) is 0 Å². The Kier molecular flexibility index (Phi) is 5.64. The molecule has 0 aliphatic heterocycles. The van der Waals surface area contributed by atoms with Crippen molar-refractivity contribution in [1.29, 1.82) is 0 Å². The first kappa shape index (κ1) is 13.3. The van der Waals surface area contributed by atoms with Gasteiger partial charge in [0.05, 0.1) is 7.11 Å². The number of rotatable bonds is 6. The second-order valence-corrected chi connectivity index (χ2v) is 4.54. The van der Waals surface area contributed by atoms with Crippen LogP contribution in [0.15, 0.2) is 18.2 Å². The molecule has 1 aromatic carbocycles. The van der Waals surface area contributed by atoms with Crippen LogP contribution in [-0.2, 0) is 6.54 Å². The van der Waals surface area contributed by atoms with Crippen LogP contribution in [0.25, 0.3) is 0 Å². The van der Waals surface area contributed by atoms with Gasteiger partial charge in [-0.05, 0) is 24.6 Å². The molecule has 16 heavy (non-hydrogen) atoms. The molecule has 0 saturated heterocycles. The van der Waals surface area contributed by atoms with Crippen LogP contribution in [0.2, 0.25) is 5.02 Å². The summed E-state index contributed by atoms with van der Waals surface area (Å²) in [7, 11) is 1.67. The summed E-state index contributed by atoms with van der Waals surface area (Å²) in [5.74, 6) is 1.56. The summed E-state index contributed by atoms with van der Waals surface area (Å²) < 4.78 is 5.29. The van der Waals surface area contributed by atoms with Crippen molar-refractivity contribution >= 4 is 11.6 Å². The highest BCUT2D eigenvalue weighted by Gasteiger charge is 2.04. The van der Waals surface area contributed by atoms with Crippen LogP contribution in [-0.4, -0.2) is 13.7 Å². The van der Waals surface area contributed by atoms with Crippen molar-refractivity contribution in [2.75, 3.05) is 13.7 Å². The van der Waals surface area contributed by atoms with Gasteiger partial charge in [-0.1, -0.05) is 37.9 Å². The van der Waals surface area contributed by atoms with Gasteiger partial charge >= 0.3 is 0 Å². The molecule has 1 atom stereocenters. The Hall–Kier alpha value is -0.730. The number of ether oxygens (including phenoxy) is 1. The Morgan fingerprint density at radius 2 is 2.19 bits per heavy atom. The quantitative estimate of drug-likeness (QED) is 0.823. The van der Waals surface area contributed by atoms with Crippen molar-refractivity contribution in [3.8, 4) is 5.75 Å². The van der Waals surface area contributed by atoms with Gasteiger partial charge in [0.15, 0.2) is 0 Å². The summed E-state index contributed by atoms with van der Waals surface area (Å²) in [6, 6.07) is 5.75. The highest BCUT2D eigenvalue weighted by molar-refractivity contribution is 6.30. The van der Waals surface area contributed by atoms with E-state index in [0.29, 0.717) is 10.9 Å².